The highest BCUT2D eigenvalue weighted by atomic mass is 14.7. The summed E-state index contributed by atoms with van der Waals surface area (Å²) in [6.45, 7) is 11.7. The largest absolute Gasteiger partial charge is 0.264 e. The Labute approximate surface area is 81.5 Å². The van der Waals surface area contributed by atoms with Crippen molar-refractivity contribution in [1.29, 1.82) is 0 Å². The Morgan fingerprint density at radius 3 is 2.31 bits per heavy atom. The maximum absolute atomic E-state index is 3.99. The smallest absolute Gasteiger partial charge is 0.0683 e. The Morgan fingerprint density at radius 1 is 1.31 bits per heavy atom. The highest BCUT2D eigenvalue weighted by Crippen LogP contribution is 2.23. The molecule has 1 heteroatoms. The average Bonchev–Trinajstić information content (AvgIpc) is 2.20. The summed E-state index contributed by atoms with van der Waals surface area (Å²) in [4.78, 5) is 3.99. The Hall–Kier alpha value is -1.11. The van der Waals surface area contributed by atoms with Gasteiger partial charge in [-0.3, -0.25) is 4.99 Å². The Morgan fingerprint density at radius 2 is 1.92 bits per heavy atom. The summed E-state index contributed by atoms with van der Waals surface area (Å²) in [5.41, 5.74) is 3.54. The standard InChI is InChI=1S/C10H13N.C2H6/c1-4-9-7-5-6-8(2)10(9)11-3;1-2/h5-7H,3-4H2,1-2H3;1-2H3. The number of para-hydroxylation sites is 1. The van der Waals surface area contributed by atoms with Crippen LogP contribution in [0.5, 0.6) is 0 Å². The molecule has 0 atom stereocenters. The first-order valence-electron chi connectivity index (χ1n) is 4.84. The Balaban J connectivity index is 0.000000671. The maximum Gasteiger partial charge on any atom is 0.0683 e. The molecule has 0 aliphatic carbocycles. The number of nitrogens with zero attached hydrogens (tertiary/aromatic N) is 1. The maximum atomic E-state index is 3.99. The van der Waals surface area contributed by atoms with E-state index in [9.17, 15) is 0 Å². The fourth-order valence-corrected chi connectivity index (χ4v) is 1.23. The van der Waals surface area contributed by atoms with E-state index in [1.807, 2.05) is 13.8 Å². The van der Waals surface area contributed by atoms with Gasteiger partial charge in [0.15, 0.2) is 0 Å². The molecule has 0 aliphatic rings. The summed E-state index contributed by atoms with van der Waals surface area (Å²) < 4.78 is 0. The van der Waals surface area contributed by atoms with Gasteiger partial charge >= 0.3 is 0 Å². The van der Waals surface area contributed by atoms with Crippen molar-refractivity contribution in [3.05, 3.63) is 29.3 Å². The van der Waals surface area contributed by atoms with Crippen molar-refractivity contribution in [3.8, 4) is 0 Å². The van der Waals surface area contributed by atoms with Crippen LogP contribution in [0.15, 0.2) is 23.2 Å². The van der Waals surface area contributed by atoms with Crippen molar-refractivity contribution in [3.63, 3.8) is 0 Å². The molecular formula is C12H19N. The van der Waals surface area contributed by atoms with Gasteiger partial charge in [0.2, 0.25) is 0 Å². The fraction of sp³-hybridized carbons (Fsp3) is 0.417. The molecule has 0 aromatic heterocycles. The molecule has 0 amide bonds. The van der Waals surface area contributed by atoms with Gasteiger partial charge in [-0.25, -0.2) is 0 Å². The van der Waals surface area contributed by atoms with Gasteiger partial charge in [0.25, 0.3) is 0 Å². The number of rotatable bonds is 2. The number of aliphatic imine (C=N–C) groups is 1. The fourth-order valence-electron chi connectivity index (χ4n) is 1.23. The Bertz CT molecular complexity index is 264. The second-order valence-corrected chi connectivity index (χ2v) is 2.59. The van der Waals surface area contributed by atoms with Crippen molar-refractivity contribution in [2.24, 2.45) is 4.99 Å². The van der Waals surface area contributed by atoms with Crippen LogP contribution >= 0.6 is 0 Å². The van der Waals surface area contributed by atoms with E-state index in [0.717, 1.165) is 12.1 Å². The minimum Gasteiger partial charge on any atom is -0.264 e. The van der Waals surface area contributed by atoms with Crippen LogP contribution in [0.4, 0.5) is 5.69 Å². The first-order chi connectivity index (χ1) is 6.29. The van der Waals surface area contributed by atoms with Crippen molar-refractivity contribution >= 4 is 12.4 Å². The third kappa shape index (κ3) is 3.02. The van der Waals surface area contributed by atoms with E-state index in [1.165, 1.54) is 11.1 Å². The molecule has 13 heavy (non-hydrogen) atoms. The van der Waals surface area contributed by atoms with E-state index in [-0.39, 0.29) is 0 Å². The summed E-state index contributed by atoms with van der Waals surface area (Å²) in [5, 5.41) is 0. The quantitative estimate of drug-likeness (QED) is 0.607. The average molecular weight is 177 g/mol. The minimum atomic E-state index is 1.02. The van der Waals surface area contributed by atoms with Crippen LogP contribution in [0, 0.1) is 6.92 Å². The van der Waals surface area contributed by atoms with Crippen LogP contribution in [0.1, 0.15) is 31.9 Å². The zero-order chi connectivity index (χ0) is 10.3. The molecule has 0 N–H and O–H groups in total. The molecule has 0 fully saturated rings. The summed E-state index contributed by atoms with van der Waals surface area (Å²) in [6, 6.07) is 6.21. The first kappa shape index (κ1) is 11.9. The lowest BCUT2D eigenvalue weighted by molar-refractivity contribution is 1.13. The summed E-state index contributed by atoms with van der Waals surface area (Å²) in [7, 11) is 0. The van der Waals surface area contributed by atoms with E-state index in [0.29, 0.717) is 0 Å². The van der Waals surface area contributed by atoms with Gasteiger partial charge in [-0.05, 0) is 31.2 Å². The van der Waals surface area contributed by atoms with E-state index in [1.54, 1.807) is 0 Å². The topological polar surface area (TPSA) is 12.4 Å². The highest BCUT2D eigenvalue weighted by molar-refractivity contribution is 5.56. The molecule has 1 rings (SSSR count). The first-order valence-corrected chi connectivity index (χ1v) is 4.84. The van der Waals surface area contributed by atoms with Crippen LogP contribution < -0.4 is 0 Å². The molecule has 1 aromatic carbocycles. The monoisotopic (exact) mass is 177 g/mol. The normalized spacial score (nSPS) is 8.62. The van der Waals surface area contributed by atoms with Crippen molar-refractivity contribution in [1.82, 2.24) is 0 Å². The lowest BCUT2D eigenvalue weighted by Gasteiger charge is -2.04. The van der Waals surface area contributed by atoms with Gasteiger partial charge in [0.05, 0.1) is 5.69 Å². The zero-order valence-corrected chi connectivity index (χ0v) is 9.09. The predicted molar refractivity (Wildman–Crippen MR) is 61.1 cm³/mol. The zero-order valence-electron chi connectivity index (χ0n) is 9.09. The second-order valence-electron chi connectivity index (χ2n) is 2.59. The van der Waals surface area contributed by atoms with Crippen molar-refractivity contribution in [2.75, 3.05) is 0 Å². The summed E-state index contributed by atoms with van der Waals surface area (Å²) in [6.07, 6.45) is 1.02. The van der Waals surface area contributed by atoms with E-state index in [4.69, 9.17) is 0 Å². The summed E-state index contributed by atoms with van der Waals surface area (Å²) >= 11 is 0. The van der Waals surface area contributed by atoms with E-state index in [2.05, 4.69) is 43.8 Å². The van der Waals surface area contributed by atoms with Crippen molar-refractivity contribution in [2.45, 2.75) is 34.1 Å². The molecule has 0 unspecified atom stereocenters. The summed E-state index contributed by atoms with van der Waals surface area (Å²) in [5.74, 6) is 0. The van der Waals surface area contributed by atoms with Gasteiger partial charge in [0, 0.05) is 0 Å². The number of hydrogen-bond acceptors (Lipinski definition) is 1. The van der Waals surface area contributed by atoms with E-state index >= 15 is 0 Å². The van der Waals surface area contributed by atoms with Gasteiger partial charge in [0.1, 0.15) is 0 Å². The molecule has 1 nitrogen and oxygen atoms in total. The molecule has 1 aromatic rings. The second kappa shape index (κ2) is 6.41. The highest BCUT2D eigenvalue weighted by Gasteiger charge is 1.99. The molecule has 0 aliphatic heterocycles. The van der Waals surface area contributed by atoms with Gasteiger partial charge in [-0.15, -0.1) is 0 Å². The Kier molecular flexibility index (Phi) is 5.86. The number of benzene rings is 1. The molecule has 0 bridgehead atoms. The molecule has 72 valence electrons. The SMILES string of the molecule is C=Nc1c(C)cccc1CC.CC. The molecule has 0 radical (unpaired) electrons. The molecule has 0 spiro atoms. The van der Waals surface area contributed by atoms with Gasteiger partial charge in [-0.2, -0.15) is 0 Å². The minimum absolute atomic E-state index is 1.02. The third-order valence-corrected chi connectivity index (χ3v) is 1.86. The van der Waals surface area contributed by atoms with Crippen LogP contribution in [-0.4, -0.2) is 6.72 Å². The van der Waals surface area contributed by atoms with Gasteiger partial charge in [-0.1, -0.05) is 39.0 Å². The molecule has 0 heterocycles. The molecular weight excluding hydrogens is 158 g/mol. The van der Waals surface area contributed by atoms with Crippen LogP contribution in [-0.2, 0) is 6.42 Å². The van der Waals surface area contributed by atoms with Gasteiger partial charge < -0.3 is 0 Å². The van der Waals surface area contributed by atoms with Crippen LogP contribution in [0.3, 0.4) is 0 Å². The lowest BCUT2D eigenvalue weighted by atomic mass is 10.1. The number of aryl methyl sites for hydroxylation is 2. The van der Waals surface area contributed by atoms with Crippen LogP contribution in [0.25, 0.3) is 0 Å². The third-order valence-electron chi connectivity index (χ3n) is 1.86. The molecule has 0 saturated heterocycles. The number of hydrogen-bond donors (Lipinski definition) is 0. The van der Waals surface area contributed by atoms with Crippen LogP contribution in [0.2, 0.25) is 0 Å². The van der Waals surface area contributed by atoms with Crippen molar-refractivity contribution < 1.29 is 0 Å². The predicted octanol–water partition coefficient (Wildman–Crippen LogP) is 3.92. The lowest BCUT2D eigenvalue weighted by Crippen LogP contribution is -1.83. The van der Waals surface area contributed by atoms with E-state index < -0.39 is 0 Å². The molecule has 0 saturated carbocycles.